The zero-order chi connectivity index (χ0) is 15.2. The summed E-state index contributed by atoms with van der Waals surface area (Å²) in [7, 11) is 1.62. The lowest BCUT2D eigenvalue weighted by molar-refractivity contribution is 0.0946. The standard InChI is InChI=1S/C14H16N4O2S/c1-20-8-9-2-4-10(5-3-9)14(19)17-12(13(15)21)11-6-7-16-18-11/h2-7,12H,8H2,1H3,(H2,15,21)(H,16,18)(H,17,19). The second-order valence-electron chi connectivity index (χ2n) is 4.44. The Morgan fingerprint density at radius 3 is 2.67 bits per heavy atom. The Balaban J connectivity index is 2.10. The van der Waals surface area contributed by atoms with E-state index in [9.17, 15) is 4.79 Å². The Morgan fingerprint density at radius 1 is 1.43 bits per heavy atom. The SMILES string of the molecule is COCc1ccc(C(=O)NC(C(N)=S)c2cc[nH]n2)cc1. The molecule has 1 atom stereocenters. The molecule has 2 rings (SSSR count). The molecular weight excluding hydrogens is 288 g/mol. The number of nitrogens with one attached hydrogen (secondary N) is 2. The number of hydrogen-bond donors (Lipinski definition) is 3. The van der Waals surface area contributed by atoms with Crippen LogP contribution in [0, 0.1) is 0 Å². The molecule has 0 aliphatic heterocycles. The summed E-state index contributed by atoms with van der Waals surface area (Å²) >= 11 is 4.98. The molecule has 0 spiro atoms. The van der Waals surface area contributed by atoms with Crippen LogP contribution in [0.1, 0.15) is 27.7 Å². The van der Waals surface area contributed by atoms with Gasteiger partial charge < -0.3 is 15.8 Å². The highest BCUT2D eigenvalue weighted by atomic mass is 32.1. The summed E-state index contributed by atoms with van der Waals surface area (Å²) in [5.74, 6) is -0.264. The van der Waals surface area contributed by atoms with E-state index in [-0.39, 0.29) is 10.9 Å². The van der Waals surface area contributed by atoms with Gasteiger partial charge in [0.05, 0.1) is 12.3 Å². The van der Waals surface area contributed by atoms with Crippen LogP contribution < -0.4 is 11.1 Å². The average molecular weight is 304 g/mol. The number of H-pyrrole nitrogens is 1. The third-order valence-electron chi connectivity index (χ3n) is 2.91. The van der Waals surface area contributed by atoms with Crippen molar-refractivity contribution in [2.75, 3.05) is 7.11 Å². The molecule has 0 aliphatic rings. The molecule has 0 saturated heterocycles. The Labute approximate surface area is 127 Å². The van der Waals surface area contributed by atoms with Crippen molar-refractivity contribution >= 4 is 23.1 Å². The number of nitrogens with zero attached hydrogens (tertiary/aromatic N) is 1. The first-order valence-corrected chi connectivity index (χ1v) is 6.70. The Morgan fingerprint density at radius 2 is 2.14 bits per heavy atom. The summed E-state index contributed by atoms with van der Waals surface area (Å²) in [4.78, 5) is 12.4. The minimum atomic E-state index is -0.600. The molecule has 1 unspecified atom stereocenters. The van der Waals surface area contributed by atoms with Gasteiger partial charge in [-0.3, -0.25) is 9.89 Å². The normalized spacial score (nSPS) is 11.9. The number of amides is 1. The Kier molecular flexibility index (Phi) is 5.02. The molecule has 6 nitrogen and oxygen atoms in total. The smallest absolute Gasteiger partial charge is 0.252 e. The van der Waals surface area contributed by atoms with E-state index in [2.05, 4.69) is 15.5 Å². The quantitative estimate of drug-likeness (QED) is 0.700. The fourth-order valence-electron chi connectivity index (χ4n) is 1.86. The number of carbonyl (C=O) groups is 1. The van der Waals surface area contributed by atoms with Gasteiger partial charge >= 0.3 is 0 Å². The van der Waals surface area contributed by atoms with Crippen LogP contribution >= 0.6 is 12.2 Å². The van der Waals surface area contributed by atoms with Crippen LogP contribution in [0.3, 0.4) is 0 Å². The number of benzene rings is 1. The van der Waals surface area contributed by atoms with Crippen molar-refractivity contribution < 1.29 is 9.53 Å². The topological polar surface area (TPSA) is 93.0 Å². The highest BCUT2D eigenvalue weighted by Crippen LogP contribution is 2.12. The molecule has 1 heterocycles. The fourth-order valence-corrected chi connectivity index (χ4v) is 2.04. The summed E-state index contributed by atoms with van der Waals surface area (Å²) < 4.78 is 5.03. The van der Waals surface area contributed by atoms with Crippen molar-refractivity contribution in [2.45, 2.75) is 12.6 Å². The van der Waals surface area contributed by atoms with Gasteiger partial charge in [-0.1, -0.05) is 24.4 Å². The van der Waals surface area contributed by atoms with Gasteiger partial charge in [-0.15, -0.1) is 0 Å². The number of ether oxygens (including phenoxy) is 1. The summed E-state index contributed by atoms with van der Waals surface area (Å²) in [6, 6.07) is 8.24. The van der Waals surface area contributed by atoms with Crippen molar-refractivity contribution in [3.8, 4) is 0 Å². The van der Waals surface area contributed by atoms with Crippen LogP contribution in [0.4, 0.5) is 0 Å². The monoisotopic (exact) mass is 304 g/mol. The summed E-state index contributed by atoms with van der Waals surface area (Å²) in [5.41, 5.74) is 7.75. The van der Waals surface area contributed by atoms with Gasteiger partial charge in [0.15, 0.2) is 0 Å². The van der Waals surface area contributed by atoms with Gasteiger partial charge in [-0.2, -0.15) is 5.10 Å². The second-order valence-corrected chi connectivity index (χ2v) is 4.91. The van der Waals surface area contributed by atoms with Crippen LogP contribution in [0.2, 0.25) is 0 Å². The summed E-state index contributed by atoms with van der Waals surface area (Å²) in [6.07, 6.45) is 1.65. The number of hydrogen-bond acceptors (Lipinski definition) is 4. The molecule has 21 heavy (non-hydrogen) atoms. The summed E-state index contributed by atoms with van der Waals surface area (Å²) in [5, 5.41) is 9.44. The maximum absolute atomic E-state index is 12.2. The van der Waals surface area contributed by atoms with E-state index in [1.54, 1.807) is 31.5 Å². The highest BCUT2D eigenvalue weighted by molar-refractivity contribution is 7.80. The molecule has 0 radical (unpaired) electrons. The van der Waals surface area contributed by atoms with E-state index >= 15 is 0 Å². The van der Waals surface area contributed by atoms with E-state index in [1.807, 2.05) is 12.1 Å². The van der Waals surface area contributed by atoms with Crippen LogP contribution in [0.25, 0.3) is 0 Å². The molecule has 0 fully saturated rings. The lowest BCUT2D eigenvalue weighted by Gasteiger charge is -2.15. The molecule has 4 N–H and O–H groups in total. The van der Waals surface area contributed by atoms with Gasteiger partial charge in [-0.05, 0) is 23.8 Å². The van der Waals surface area contributed by atoms with E-state index in [1.165, 1.54) is 0 Å². The van der Waals surface area contributed by atoms with E-state index in [0.717, 1.165) is 5.56 Å². The maximum atomic E-state index is 12.2. The Bertz CT molecular complexity index is 610. The number of rotatable bonds is 6. The number of methoxy groups -OCH3 is 1. The zero-order valence-corrected chi connectivity index (χ0v) is 12.3. The lowest BCUT2D eigenvalue weighted by atomic mass is 10.1. The molecule has 7 heteroatoms. The fraction of sp³-hybridized carbons (Fsp3) is 0.214. The van der Waals surface area contributed by atoms with E-state index in [0.29, 0.717) is 17.9 Å². The number of nitrogens with two attached hydrogens (primary N) is 1. The molecular formula is C14H16N4O2S. The van der Waals surface area contributed by atoms with Crippen molar-refractivity contribution in [1.29, 1.82) is 0 Å². The van der Waals surface area contributed by atoms with Gasteiger partial charge in [0, 0.05) is 18.9 Å². The molecule has 1 aromatic heterocycles. The Hall–Kier alpha value is -2.25. The predicted octanol–water partition coefficient (Wildman–Crippen LogP) is 1.31. The zero-order valence-electron chi connectivity index (χ0n) is 11.5. The third kappa shape index (κ3) is 3.87. The van der Waals surface area contributed by atoms with Crippen molar-refractivity contribution in [2.24, 2.45) is 5.73 Å². The molecule has 110 valence electrons. The third-order valence-corrected chi connectivity index (χ3v) is 3.14. The van der Waals surface area contributed by atoms with E-state index in [4.69, 9.17) is 22.7 Å². The number of aromatic nitrogens is 2. The number of thiocarbonyl (C=S) groups is 1. The van der Waals surface area contributed by atoms with Crippen LogP contribution in [0.5, 0.6) is 0 Å². The lowest BCUT2D eigenvalue weighted by Crippen LogP contribution is -2.36. The first-order chi connectivity index (χ1) is 10.1. The van der Waals surface area contributed by atoms with Gasteiger partial charge in [0.1, 0.15) is 11.0 Å². The van der Waals surface area contributed by atoms with Gasteiger partial charge in [0.25, 0.3) is 5.91 Å². The average Bonchev–Trinajstić information content (AvgIpc) is 2.99. The van der Waals surface area contributed by atoms with Crippen LogP contribution in [-0.4, -0.2) is 28.2 Å². The molecule has 1 amide bonds. The van der Waals surface area contributed by atoms with Crippen molar-refractivity contribution in [3.05, 3.63) is 53.3 Å². The van der Waals surface area contributed by atoms with Crippen LogP contribution in [0.15, 0.2) is 36.5 Å². The number of aromatic amines is 1. The minimum Gasteiger partial charge on any atom is -0.391 e. The van der Waals surface area contributed by atoms with Crippen molar-refractivity contribution in [3.63, 3.8) is 0 Å². The molecule has 1 aromatic carbocycles. The minimum absolute atomic E-state index is 0.159. The number of carbonyl (C=O) groups excluding carboxylic acids is 1. The first kappa shape index (κ1) is 15.1. The molecule has 0 bridgehead atoms. The molecule has 0 saturated carbocycles. The van der Waals surface area contributed by atoms with Crippen LogP contribution in [-0.2, 0) is 11.3 Å². The van der Waals surface area contributed by atoms with E-state index < -0.39 is 6.04 Å². The van der Waals surface area contributed by atoms with Gasteiger partial charge in [-0.25, -0.2) is 0 Å². The van der Waals surface area contributed by atoms with Gasteiger partial charge in [0.2, 0.25) is 0 Å². The molecule has 2 aromatic rings. The predicted molar refractivity (Wildman–Crippen MR) is 82.7 cm³/mol. The molecule has 0 aliphatic carbocycles. The largest absolute Gasteiger partial charge is 0.391 e. The second kappa shape index (κ2) is 6.96. The van der Waals surface area contributed by atoms with Crippen molar-refractivity contribution in [1.82, 2.24) is 15.5 Å². The maximum Gasteiger partial charge on any atom is 0.252 e. The first-order valence-electron chi connectivity index (χ1n) is 6.29. The highest BCUT2D eigenvalue weighted by Gasteiger charge is 2.20. The summed E-state index contributed by atoms with van der Waals surface area (Å²) in [6.45, 7) is 0.505.